The van der Waals surface area contributed by atoms with E-state index in [9.17, 15) is 14.7 Å². The second-order valence-electron chi connectivity index (χ2n) is 9.81. The lowest BCUT2D eigenvalue weighted by Crippen LogP contribution is -2.35. The van der Waals surface area contributed by atoms with Gasteiger partial charge < -0.3 is 15.0 Å². The van der Waals surface area contributed by atoms with E-state index in [2.05, 4.69) is 16.8 Å². The third-order valence-electron chi connectivity index (χ3n) is 6.45. The van der Waals surface area contributed by atoms with E-state index >= 15 is 0 Å². The largest absolute Gasteiger partial charge is 0.480 e. The summed E-state index contributed by atoms with van der Waals surface area (Å²) < 4.78 is 1.19. The number of aromatic nitrogens is 2. The standard InChI is InChI=1S/C27H39N3O3S/c1-4-5-11-18-30-19-23(25(31)28-21-12-9-7-6-8-10-13-21)29-24(30)20-14-16-22(17-15-20)34-27(2,3)26(32)33/h14-17,19,21H,4-13,18H2,1-3H3,(H,28,31)(H,32,33). The number of aliphatic carboxylic acids is 1. The van der Waals surface area contributed by atoms with E-state index in [0.29, 0.717) is 5.69 Å². The first-order valence-corrected chi connectivity index (χ1v) is 13.5. The van der Waals surface area contributed by atoms with Crippen LogP contribution < -0.4 is 5.32 Å². The van der Waals surface area contributed by atoms with Gasteiger partial charge in [-0.05, 0) is 45.2 Å². The Labute approximate surface area is 207 Å². The molecule has 0 saturated heterocycles. The van der Waals surface area contributed by atoms with E-state index in [4.69, 9.17) is 4.98 Å². The van der Waals surface area contributed by atoms with Crippen LogP contribution in [0.4, 0.5) is 0 Å². The quantitative estimate of drug-likeness (QED) is 0.295. The van der Waals surface area contributed by atoms with Crippen molar-refractivity contribution in [3.8, 4) is 11.4 Å². The number of benzene rings is 1. The number of unbranched alkanes of at least 4 members (excludes halogenated alkanes) is 2. The third kappa shape index (κ3) is 7.36. The third-order valence-corrected chi connectivity index (χ3v) is 7.65. The van der Waals surface area contributed by atoms with E-state index in [1.54, 1.807) is 13.8 Å². The zero-order valence-electron chi connectivity index (χ0n) is 20.8. The van der Waals surface area contributed by atoms with Gasteiger partial charge in [0.05, 0.1) is 0 Å². The lowest BCUT2D eigenvalue weighted by Gasteiger charge is -2.20. The highest BCUT2D eigenvalue weighted by atomic mass is 32.2. The zero-order valence-corrected chi connectivity index (χ0v) is 21.6. The molecule has 1 aliphatic rings. The fourth-order valence-corrected chi connectivity index (χ4v) is 5.28. The predicted octanol–water partition coefficient (Wildman–Crippen LogP) is 6.54. The molecule has 0 unspecified atom stereocenters. The van der Waals surface area contributed by atoms with Gasteiger partial charge in [-0.15, -0.1) is 11.8 Å². The molecule has 1 aliphatic carbocycles. The van der Waals surface area contributed by atoms with Gasteiger partial charge in [0.2, 0.25) is 0 Å². The minimum Gasteiger partial charge on any atom is -0.480 e. The maximum atomic E-state index is 13.1. The number of rotatable bonds is 10. The number of carboxylic acid groups (broad SMARTS) is 1. The molecule has 6 nitrogen and oxygen atoms in total. The van der Waals surface area contributed by atoms with Gasteiger partial charge >= 0.3 is 5.97 Å². The van der Waals surface area contributed by atoms with Crippen molar-refractivity contribution in [3.05, 3.63) is 36.2 Å². The number of carbonyl (C=O) groups is 2. The Kier molecular flexibility index (Phi) is 9.63. The molecule has 34 heavy (non-hydrogen) atoms. The average Bonchev–Trinajstić information content (AvgIpc) is 3.20. The van der Waals surface area contributed by atoms with Crippen molar-refractivity contribution in [2.75, 3.05) is 0 Å². The summed E-state index contributed by atoms with van der Waals surface area (Å²) in [6.45, 7) is 6.40. The molecule has 0 bridgehead atoms. The van der Waals surface area contributed by atoms with E-state index in [1.165, 1.54) is 43.9 Å². The van der Waals surface area contributed by atoms with Gasteiger partial charge in [-0.25, -0.2) is 4.98 Å². The minimum atomic E-state index is -0.900. The first kappa shape index (κ1) is 26.3. The van der Waals surface area contributed by atoms with Crippen LogP contribution >= 0.6 is 11.8 Å². The normalized spacial score (nSPS) is 15.5. The van der Waals surface area contributed by atoms with Crippen LogP contribution in [0.3, 0.4) is 0 Å². The Hall–Kier alpha value is -2.28. The van der Waals surface area contributed by atoms with Crippen molar-refractivity contribution in [2.45, 2.75) is 107 Å². The Morgan fingerprint density at radius 1 is 1.09 bits per heavy atom. The summed E-state index contributed by atoms with van der Waals surface area (Å²) in [6, 6.07) is 8.04. The van der Waals surface area contributed by atoms with Crippen molar-refractivity contribution in [3.63, 3.8) is 0 Å². The molecule has 1 aromatic carbocycles. The fourth-order valence-electron chi connectivity index (χ4n) is 4.33. The minimum absolute atomic E-state index is 0.0866. The highest BCUT2D eigenvalue weighted by Crippen LogP contribution is 2.34. The molecule has 2 N–H and O–H groups in total. The number of amides is 1. The number of carboxylic acids is 1. The lowest BCUT2D eigenvalue weighted by molar-refractivity contribution is -0.138. The summed E-state index contributed by atoms with van der Waals surface area (Å²) >= 11 is 1.32. The predicted molar refractivity (Wildman–Crippen MR) is 138 cm³/mol. The van der Waals surface area contributed by atoms with Crippen LogP contribution in [0.5, 0.6) is 0 Å². The van der Waals surface area contributed by atoms with Gasteiger partial charge in [-0.3, -0.25) is 9.59 Å². The van der Waals surface area contributed by atoms with E-state index in [0.717, 1.165) is 54.9 Å². The highest BCUT2D eigenvalue weighted by Gasteiger charge is 2.28. The summed E-state index contributed by atoms with van der Waals surface area (Å²) in [5.74, 6) is -0.141. The molecule has 7 heteroatoms. The number of hydrogen-bond donors (Lipinski definition) is 2. The van der Waals surface area contributed by atoms with Crippen LogP contribution in [0.2, 0.25) is 0 Å². The highest BCUT2D eigenvalue weighted by molar-refractivity contribution is 8.01. The molecule has 0 radical (unpaired) electrons. The number of nitrogens with zero attached hydrogens (tertiary/aromatic N) is 2. The first-order valence-electron chi connectivity index (χ1n) is 12.7. The van der Waals surface area contributed by atoms with Crippen LogP contribution in [0.15, 0.2) is 35.4 Å². The van der Waals surface area contributed by atoms with Gasteiger partial charge in [0.1, 0.15) is 16.3 Å². The number of aryl methyl sites for hydroxylation is 1. The number of thioether (sulfide) groups is 1. The van der Waals surface area contributed by atoms with Gasteiger partial charge in [-0.1, -0.05) is 64.0 Å². The molecule has 0 aliphatic heterocycles. The van der Waals surface area contributed by atoms with Crippen LogP contribution in [0, 0.1) is 0 Å². The van der Waals surface area contributed by atoms with Gasteiger partial charge in [0.15, 0.2) is 0 Å². The van der Waals surface area contributed by atoms with E-state index in [-0.39, 0.29) is 11.9 Å². The lowest BCUT2D eigenvalue weighted by atomic mass is 9.97. The summed E-state index contributed by atoms with van der Waals surface area (Å²) in [4.78, 5) is 30.2. The molecule has 1 aromatic heterocycles. The number of carbonyl (C=O) groups excluding carboxylic acids is 1. The SMILES string of the molecule is CCCCCn1cc(C(=O)NC2CCCCCCC2)nc1-c1ccc(SC(C)(C)C(=O)O)cc1. The molecule has 3 rings (SSSR count). The summed E-state index contributed by atoms with van der Waals surface area (Å²) in [7, 11) is 0. The number of hydrogen-bond acceptors (Lipinski definition) is 4. The van der Waals surface area contributed by atoms with Crippen LogP contribution in [0.1, 0.15) is 95.5 Å². The zero-order chi connectivity index (χ0) is 24.6. The van der Waals surface area contributed by atoms with Gasteiger partial charge in [0.25, 0.3) is 5.91 Å². The maximum Gasteiger partial charge on any atom is 0.319 e. The van der Waals surface area contributed by atoms with Gasteiger partial charge in [0, 0.05) is 29.2 Å². The summed E-state index contributed by atoms with van der Waals surface area (Å²) in [5, 5.41) is 12.6. The summed E-state index contributed by atoms with van der Waals surface area (Å²) in [6.07, 6.45) is 13.4. The van der Waals surface area contributed by atoms with Crippen molar-refractivity contribution < 1.29 is 14.7 Å². The molecule has 2 aromatic rings. The molecule has 1 saturated carbocycles. The van der Waals surface area contributed by atoms with E-state index in [1.807, 2.05) is 30.5 Å². The second kappa shape index (κ2) is 12.4. The molecular formula is C27H39N3O3S. The molecule has 0 atom stereocenters. The van der Waals surface area contributed by atoms with Crippen LogP contribution in [0.25, 0.3) is 11.4 Å². The smallest absolute Gasteiger partial charge is 0.319 e. The molecular weight excluding hydrogens is 446 g/mol. The Balaban J connectivity index is 1.78. The Bertz CT molecular complexity index is 945. The Morgan fingerprint density at radius 2 is 1.74 bits per heavy atom. The molecule has 1 fully saturated rings. The van der Waals surface area contributed by atoms with Crippen molar-refractivity contribution >= 4 is 23.6 Å². The van der Waals surface area contributed by atoms with Crippen molar-refractivity contribution in [1.82, 2.24) is 14.9 Å². The Morgan fingerprint density at radius 3 is 2.35 bits per heavy atom. The first-order chi connectivity index (χ1) is 16.3. The van der Waals surface area contributed by atoms with E-state index < -0.39 is 10.7 Å². The number of imidazole rings is 1. The van der Waals surface area contributed by atoms with Crippen LogP contribution in [-0.4, -0.2) is 37.3 Å². The van der Waals surface area contributed by atoms with Gasteiger partial charge in [-0.2, -0.15) is 0 Å². The second-order valence-corrected chi connectivity index (χ2v) is 11.5. The maximum absolute atomic E-state index is 13.1. The summed E-state index contributed by atoms with van der Waals surface area (Å²) in [5.41, 5.74) is 1.40. The van der Waals surface area contributed by atoms with Crippen molar-refractivity contribution in [2.24, 2.45) is 0 Å². The molecule has 1 amide bonds. The average molecular weight is 486 g/mol. The fraction of sp³-hybridized carbons (Fsp3) is 0.593. The molecule has 186 valence electrons. The van der Waals surface area contributed by atoms with Crippen molar-refractivity contribution in [1.29, 1.82) is 0 Å². The monoisotopic (exact) mass is 485 g/mol. The topological polar surface area (TPSA) is 84.2 Å². The molecule has 0 spiro atoms. The number of nitrogens with one attached hydrogen (secondary N) is 1. The molecule has 1 heterocycles. The van der Waals surface area contributed by atoms with Crippen LogP contribution in [-0.2, 0) is 11.3 Å².